The first-order valence-electron chi connectivity index (χ1n) is 6.12. The van der Waals surface area contributed by atoms with Gasteiger partial charge < -0.3 is 4.74 Å². The molecule has 2 nitrogen and oxygen atoms in total. The summed E-state index contributed by atoms with van der Waals surface area (Å²) in [5.41, 5.74) is 3.06. The van der Waals surface area contributed by atoms with Gasteiger partial charge in [-0.3, -0.25) is 0 Å². The van der Waals surface area contributed by atoms with E-state index in [-0.39, 0.29) is 5.97 Å². The molecular weight excluding hydrogens is 256 g/mol. The van der Waals surface area contributed by atoms with Crippen molar-refractivity contribution in [2.45, 2.75) is 11.7 Å². The molecule has 0 aromatic heterocycles. The summed E-state index contributed by atoms with van der Waals surface area (Å²) in [6, 6.07) is 15.7. The number of carbonyl (C=O) groups is 1. The summed E-state index contributed by atoms with van der Waals surface area (Å²) >= 11 is 1.52. The lowest BCUT2D eigenvalue weighted by Crippen LogP contribution is -2.31. The molecule has 1 atom stereocenters. The fourth-order valence-corrected chi connectivity index (χ4v) is 3.51. The minimum absolute atomic E-state index is 0.202. The van der Waals surface area contributed by atoms with Crippen LogP contribution in [0, 0.1) is 6.92 Å². The maximum atomic E-state index is 12.5. The van der Waals surface area contributed by atoms with Gasteiger partial charge in [0, 0.05) is 5.56 Å². The van der Waals surface area contributed by atoms with Crippen molar-refractivity contribution in [3.63, 3.8) is 0 Å². The number of hydrogen-bond donors (Lipinski definition) is 0. The Morgan fingerprint density at radius 2 is 1.84 bits per heavy atom. The van der Waals surface area contributed by atoms with Gasteiger partial charge in [-0.2, -0.15) is 0 Å². The largest absolute Gasteiger partial charge is 0.425 e. The Morgan fingerprint density at radius 1 is 1.11 bits per heavy atom. The zero-order chi connectivity index (χ0) is 13.5. The summed E-state index contributed by atoms with van der Waals surface area (Å²) in [4.78, 5) is 12.5. The van der Waals surface area contributed by atoms with Crippen LogP contribution >= 0.6 is 11.8 Å². The van der Waals surface area contributed by atoms with E-state index in [1.165, 1.54) is 11.8 Å². The molecule has 19 heavy (non-hydrogen) atoms. The van der Waals surface area contributed by atoms with Crippen molar-refractivity contribution in [2.24, 2.45) is 0 Å². The molecule has 0 N–H and O–H groups in total. The van der Waals surface area contributed by atoms with Crippen LogP contribution in [0.15, 0.2) is 48.5 Å². The Morgan fingerprint density at radius 3 is 2.53 bits per heavy atom. The van der Waals surface area contributed by atoms with Crippen LogP contribution < -0.4 is 4.74 Å². The summed E-state index contributed by atoms with van der Waals surface area (Å²) in [6.45, 7) is 2.03. The highest BCUT2D eigenvalue weighted by atomic mass is 32.2. The average Bonchev–Trinajstić information content (AvgIpc) is 2.72. The lowest BCUT2D eigenvalue weighted by Gasteiger charge is -2.24. The quantitative estimate of drug-likeness (QED) is 0.617. The van der Waals surface area contributed by atoms with Gasteiger partial charge in [0.1, 0.15) is 5.75 Å². The van der Waals surface area contributed by atoms with Crippen molar-refractivity contribution in [3.05, 3.63) is 65.2 Å². The molecule has 1 aliphatic rings. The third-order valence-electron chi connectivity index (χ3n) is 3.49. The van der Waals surface area contributed by atoms with Gasteiger partial charge in [0.05, 0.1) is 0 Å². The maximum Gasteiger partial charge on any atom is 0.336 e. The van der Waals surface area contributed by atoms with Gasteiger partial charge in [-0.15, -0.1) is 11.8 Å². The highest BCUT2D eigenvalue weighted by Crippen LogP contribution is 2.50. The van der Waals surface area contributed by atoms with E-state index in [0.29, 0.717) is 5.75 Å². The molecule has 0 bridgehead atoms. The minimum atomic E-state index is -0.734. The number of hydrogen-bond acceptors (Lipinski definition) is 3. The van der Waals surface area contributed by atoms with E-state index in [4.69, 9.17) is 4.74 Å². The van der Waals surface area contributed by atoms with Gasteiger partial charge in [-0.05, 0) is 24.8 Å². The molecule has 2 aromatic rings. The zero-order valence-electron chi connectivity index (χ0n) is 10.8. The summed E-state index contributed by atoms with van der Waals surface area (Å²) in [5, 5.41) is 0. The van der Waals surface area contributed by atoms with E-state index in [1.54, 1.807) is 0 Å². The van der Waals surface area contributed by atoms with Gasteiger partial charge in [-0.25, -0.2) is 4.79 Å². The predicted molar refractivity (Wildman–Crippen MR) is 77.6 cm³/mol. The van der Waals surface area contributed by atoms with Gasteiger partial charge in [0.2, 0.25) is 0 Å². The second-order valence-electron chi connectivity index (χ2n) is 4.64. The number of ether oxygens (including phenoxy) is 1. The molecule has 0 fully saturated rings. The Kier molecular flexibility index (Phi) is 2.86. The molecule has 1 heterocycles. The lowest BCUT2D eigenvalue weighted by molar-refractivity contribution is -0.134. The van der Waals surface area contributed by atoms with Crippen LogP contribution in [0.1, 0.15) is 16.7 Å². The number of aryl methyl sites for hydroxylation is 1. The third kappa shape index (κ3) is 1.69. The Bertz CT molecular complexity index is 636. The molecule has 96 valence electrons. The van der Waals surface area contributed by atoms with Crippen LogP contribution in [0.4, 0.5) is 0 Å². The number of fused-ring (bicyclic) bond motifs is 1. The molecule has 2 aromatic carbocycles. The van der Waals surface area contributed by atoms with Crippen LogP contribution in [-0.4, -0.2) is 12.2 Å². The lowest BCUT2D eigenvalue weighted by atomic mass is 9.90. The molecule has 0 radical (unpaired) electrons. The molecule has 1 unspecified atom stereocenters. The summed E-state index contributed by atoms with van der Waals surface area (Å²) in [6.07, 6.45) is 1.95. The Balaban J connectivity index is 2.28. The van der Waals surface area contributed by atoms with Gasteiger partial charge >= 0.3 is 5.97 Å². The number of benzene rings is 2. The zero-order valence-corrected chi connectivity index (χ0v) is 11.7. The average molecular weight is 270 g/mol. The van der Waals surface area contributed by atoms with Crippen LogP contribution in [0.3, 0.4) is 0 Å². The smallest absolute Gasteiger partial charge is 0.336 e. The summed E-state index contributed by atoms with van der Waals surface area (Å²) < 4.78 is 4.73. The monoisotopic (exact) mass is 270 g/mol. The van der Waals surface area contributed by atoms with Crippen LogP contribution in [0.2, 0.25) is 0 Å². The van der Waals surface area contributed by atoms with Gasteiger partial charge in [0.25, 0.3) is 0 Å². The molecular formula is C16H14O2S. The molecule has 1 aliphatic heterocycles. The van der Waals surface area contributed by atoms with Crippen molar-refractivity contribution in [1.29, 1.82) is 0 Å². The molecule has 0 aliphatic carbocycles. The van der Waals surface area contributed by atoms with E-state index >= 15 is 0 Å². The van der Waals surface area contributed by atoms with Crippen molar-refractivity contribution in [2.75, 3.05) is 6.26 Å². The molecule has 0 spiro atoms. The SMILES string of the molecule is CSC1(c2ccccc2)C(=O)Oc2ccc(C)cc21. The number of rotatable bonds is 2. The number of esters is 1. The summed E-state index contributed by atoms with van der Waals surface area (Å²) in [5.74, 6) is 0.473. The molecule has 3 heteroatoms. The molecule has 0 saturated carbocycles. The first-order valence-corrected chi connectivity index (χ1v) is 7.35. The number of thioether (sulfide) groups is 1. The van der Waals surface area contributed by atoms with E-state index in [2.05, 4.69) is 0 Å². The first-order chi connectivity index (χ1) is 9.18. The van der Waals surface area contributed by atoms with Crippen molar-refractivity contribution >= 4 is 17.7 Å². The van der Waals surface area contributed by atoms with E-state index in [0.717, 1.165) is 16.7 Å². The molecule has 0 saturated heterocycles. The van der Waals surface area contributed by atoms with Crippen molar-refractivity contribution in [1.82, 2.24) is 0 Å². The fourth-order valence-electron chi connectivity index (χ4n) is 2.55. The van der Waals surface area contributed by atoms with Crippen LogP contribution in [0.25, 0.3) is 0 Å². The second-order valence-corrected chi connectivity index (χ2v) is 5.66. The van der Waals surface area contributed by atoms with E-state index < -0.39 is 4.75 Å². The number of carbonyl (C=O) groups excluding carboxylic acids is 1. The second kappa shape index (κ2) is 4.42. The summed E-state index contributed by atoms with van der Waals surface area (Å²) in [7, 11) is 0. The standard InChI is InChI=1S/C16H14O2S/c1-11-8-9-14-13(10-11)16(19-2,15(17)18-14)12-6-4-3-5-7-12/h3-10H,1-2H3. The topological polar surface area (TPSA) is 26.3 Å². The first kappa shape index (κ1) is 12.3. The van der Waals surface area contributed by atoms with Crippen LogP contribution in [-0.2, 0) is 9.54 Å². The molecule has 3 rings (SSSR count). The van der Waals surface area contributed by atoms with Gasteiger partial charge in [0.15, 0.2) is 4.75 Å². The van der Waals surface area contributed by atoms with E-state index in [1.807, 2.05) is 61.7 Å². The molecule has 0 amide bonds. The predicted octanol–water partition coefficient (Wildman–Crippen LogP) is 3.52. The fraction of sp³-hybridized carbons (Fsp3) is 0.188. The maximum absolute atomic E-state index is 12.5. The van der Waals surface area contributed by atoms with Crippen molar-refractivity contribution < 1.29 is 9.53 Å². The third-order valence-corrected chi connectivity index (χ3v) is 4.73. The van der Waals surface area contributed by atoms with Gasteiger partial charge in [-0.1, -0.05) is 48.0 Å². The minimum Gasteiger partial charge on any atom is -0.425 e. The van der Waals surface area contributed by atoms with Crippen LogP contribution in [0.5, 0.6) is 5.75 Å². The normalized spacial score (nSPS) is 21.1. The van der Waals surface area contributed by atoms with Crippen molar-refractivity contribution in [3.8, 4) is 5.75 Å². The Hall–Kier alpha value is -1.74. The highest BCUT2D eigenvalue weighted by Gasteiger charge is 2.50. The van der Waals surface area contributed by atoms with E-state index in [9.17, 15) is 4.79 Å². The highest BCUT2D eigenvalue weighted by molar-refractivity contribution is 8.00. The Labute approximate surface area is 116 Å².